The van der Waals surface area contributed by atoms with E-state index in [9.17, 15) is 17.6 Å². The van der Waals surface area contributed by atoms with E-state index < -0.39 is 16.1 Å². The van der Waals surface area contributed by atoms with Crippen LogP contribution in [0.15, 0.2) is 53.4 Å². The number of sulfonamides is 1. The molecule has 2 aromatic carbocycles. The molecule has 0 radical (unpaired) electrons. The third-order valence-electron chi connectivity index (χ3n) is 4.93. The highest BCUT2D eigenvalue weighted by Crippen LogP contribution is 2.21. The molecule has 0 aliphatic carbocycles. The van der Waals surface area contributed by atoms with Crippen LogP contribution in [0.2, 0.25) is 0 Å². The van der Waals surface area contributed by atoms with Crippen LogP contribution in [-0.2, 0) is 14.8 Å². The average molecular weight is 436 g/mol. The molecule has 1 aliphatic rings. The topological polar surface area (TPSA) is 78.9 Å². The summed E-state index contributed by atoms with van der Waals surface area (Å²) in [5, 5.41) is 0. The highest BCUT2D eigenvalue weighted by molar-refractivity contribution is 7.89. The molecule has 1 aliphatic heterocycles. The number of benzene rings is 2. The molecule has 1 amide bonds. The van der Waals surface area contributed by atoms with E-state index in [1.165, 1.54) is 25.1 Å². The van der Waals surface area contributed by atoms with Crippen molar-refractivity contribution < 1.29 is 22.3 Å². The summed E-state index contributed by atoms with van der Waals surface area (Å²) >= 11 is 0. The lowest BCUT2D eigenvalue weighted by molar-refractivity contribution is -0.132. The van der Waals surface area contributed by atoms with Crippen molar-refractivity contribution in [1.82, 2.24) is 9.62 Å². The zero-order valence-electron chi connectivity index (χ0n) is 17.0. The van der Waals surface area contributed by atoms with E-state index in [0.29, 0.717) is 44.2 Å². The van der Waals surface area contributed by atoms with Gasteiger partial charge < -0.3 is 14.5 Å². The molecule has 1 fully saturated rings. The number of rotatable bonds is 7. The Labute approximate surface area is 176 Å². The smallest absolute Gasteiger partial charge is 0.241 e. The molecule has 0 saturated carbocycles. The fourth-order valence-corrected chi connectivity index (χ4v) is 4.58. The molecule has 1 atom stereocenters. The fourth-order valence-electron chi connectivity index (χ4n) is 3.38. The molecule has 7 nitrogen and oxygen atoms in total. The maximum atomic E-state index is 14.0. The monoisotopic (exact) mass is 435 g/mol. The van der Waals surface area contributed by atoms with E-state index in [1.807, 2.05) is 11.8 Å². The Morgan fingerprint density at radius 2 is 1.73 bits per heavy atom. The molecule has 3 rings (SSSR count). The molecule has 2 aromatic rings. The largest absolute Gasteiger partial charge is 0.494 e. The number of halogens is 1. The molecule has 0 bridgehead atoms. The van der Waals surface area contributed by atoms with Crippen molar-refractivity contribution in [2.45, 2.75) is 24.8 Å². The van der Waals surface area contributed by atoms with Gasteiger partial charge in [0.25, 0.3) is 0 Å². The van der Waals surface area contributed by atoms with E-state index in [-0.39, 0.29) is 16.6 Å². The lowest BCUT2D eigenvalue weighted by Gasteiger charge is -2.37. The number of hydrogen-bond acceptors (Lipinski definition) is 5. The Kier molecular flexibility index (Phi) is 6.94. The minimum Gasteiger partial charge on any atom is -0.494 e. The van der Waals surface area contributed by atoms with Crippen molar-refractivity contribution in [2.75, 3.05) is 37.7 Å². The van der Waals surface area contributed by atoms with E-state index in [1.54, 1.807) is 35.2 Å². The number of hydrogen-bond donors (Lipinski definition) is 1. The zero-order valence-corrected chi connectivity index (χ0v) is 17.9. The second-order valence-electron chi connectivity index (χ2n) is 7.01. The standard InChI is InChI=1S/C21H26FN3O4S/c1-3-29-17-8-10-18(11-9-17)30(27,28)23-16(2)21(26)25-14-12-24(13-15-25)20-7-5-4-6-19(20)22/h4-11,16,23H,3,12-15H2,1-2H3/t16-/m0/s1. The molecule has 0 spiro atoms. The van der Waals surface area contributed by atoms with Gasteiger partial charge in [-0.1, -0.05) is 12.1 Å². The molecule has 9 heteroatoms. The number of anilines is 1. The van der Waals surface area contributed by atoms with Gasteiger partial charge in [-0.3, -0.25) is 4.79 Å². The number of carbonyl (C=O) groups is 1. The maximum absolute atomic E-state index is 14.0. The van der Waals surface area contributed by atoms with E-state index >= 15 is 0 Å². The van der Waals surface area contributed by atoms with Crippen molar-refractivity contribution in [3.8, 4) is 5.75 Å². The molecular weight excluding hydrogens is 409 g/mol. The number of para-hydroxylation sites is 1. The van der Waals surface area contributed by atoms with Crippen LogP contribution in [-0.4, -0.2) is 58.1 Å². The van der Waals surface area contributed by atoms with Crippen LogP contribution in [0.1, 0.15) is 13.8 Å². The Balaban J connectivity index is 1.58. The van der Waals surface area contributed by atoms with Gasteiger partial charge in [-0.2, -0.15) is 4.72 Å². The number of carbonyl (C=O) groups excluding carboxylic acids is 1. The summed E-state index contributed by atoms with van der Waals surface area (Å²) in [6.07, 6.45) is 0. The number of nitrogens with one attached hydrogen (secondary N) is 1. The van der Waals surface area contributed by atoms with Crippen molar-refractivity contribution in [3.05, 3.63) is 54.3 Å². The van der Waals surface area contributed by atoms with E-state index in [2.05, 4.69) is 4.72 Å². The van der Waals surface area contributed by atoms with Crippen molar-refractivity contribution >= 4 is 21.6 Å². The van der Waals surface area contributed by atoms with E-state index in [0.717, 1.165) is 0 Å². The highest BCUT2D eigenvalue weighted by atomic mass is 32.2. The summed E-state index contributed by atoms with van der Waals surface area (Å²) in [5.74, 6) is -0.0280. The zero-order chi connectivity index (χ0) is 21.7. The first-order chi connectivity index (χ1) is 14.3. The molecule has 1 heterocycles. The maximum Gasteiger partial charge on any atom is 0.241 e. The molecule has 0 aromatic heterocycles. The van der Waals surface area contributed by atoms with Gasteiger partial charge in [0.1, 0.15) is 11.6 Å². The lowest BCUT2D eigenvalue weighted by atomic mass is 10.2. The third-order valence-corrected chi connectivity index (χ3v) is 6.49. The lowest BCUT2D eigenvalue weighted by Crippen LogP contribution is -2.54. The van der Waals surface area contributed by atoms with Gasteiger partial charge in [0, 0.05) is 26.2 Å². The molecule has 1 saturated heterocycles. The van der Waals surface area contributed by atoms with Gasteiger partial charge in [-0.05, 0) is 50.2 Å². The predicted octanol–water partition coefficient (Wildman–Crippen LogP) is 2.24. The molecule has 0 unspecified atom stereocenters. The van der Waals surface area contributed by atoms with Crippen molar-refractivity contribution in [2.24, 2.45) is 0 Å². The van der Waals surface area contributed by atoms with Gasteiger partial charge >= 0.3 is 0 Å². The summed E-state index contributed by atoms with van der Waals surface area (Å²) in [6, 6.07) is 11.6. The van der Waals surface area contributed by atoms with Crippen LogP contribution in [0.25, 0.3) is 0 Å². The Morgan fingerprint density at radius 3 is 2.33 bits per heavy atom. The van der Waals surface area contributed by atoms with Gasteiger partial charge in [0.2, 0.25) is 15.9 Å². The SMILES string of the molecule is CCOc1ccc(S(=O)(=O)N[C@@H](C)C(=O)N2CCN(c3ccccc3F)CC2)cc1. The summed E-state index contributed by atoms with van der Waals surface area (Å²) in [4.78, 5) is 16.3. The van der Waals surface area contributed by atoms with Crippen molar-refractivity contribution in [3.63, 3.8) is 0 Å². The van der Waals surface area contributed by atoms with E-state index in [4.69, 9.17) is 4.74 Å². The highest BCUT2D eigenvalue weighted by Gasteiger charge is 2.28. The summed E-state index contributed by atoms with van der Waals surface area (Å²) in [7, 11) is -3.85. The molecule has 1 N–H and O–H groups in total. The van der Waals surface area contributed by atoms with Gasteiger partial charge in [0.05, 0.1) is 23.2 Å². The van der Waals surface area contributed by atoms with Crippen LogP contribution in [0.4, 0.5) is 10.1 Å². The second kappa shape index (κ2) is 9.44. The first-order valence-corrected chi connectivity index (χ1v) is 11.3. The Hall–Kier alpha value is -2.65. The van der Waals surface area contributed by atoms with Crippen LogP contribution < -0.4 is 14.4 Å². The van der Waals surface area contributed by atoms with Crippen LogP contribution >= 0.6 is 0 Å². The Bertz CT molecular complexity index is 974. The number of amides is 1. The number of piperazine rings is 1. The normalized spacial score (nSPS) is 15.7. The van der Waals surface area contributed by atoms with Gasteiger partial charge in [0.15, 0.2) is 0 Å². The quantitative estimate of drug-likeness (QED) is 0.722. The minimum absolute atomic E-state index is 0.0648. The number of ether oxygens (including phenoxy) is 1. The molecule has 162 valence electrons. The summed E-state index contributed by atoms with van der Waals surface area (Å²) in [5.41, 5.74) is 0.508. The van der Waals surface area contributed by atoms with Crippen LogP contribution in [0, 0.1) is 5.82 Å². The first kappa shape index (κ1) is 22.0. The molecular formula is C21H26FN3O4S. The average Bonchev–Trinajstić information content (AvgIpc) is 2.74. The predicted molar refractivity (Wildman–Crippen MR) is 113 cm³/mol. The van der Waals surface area contributed by atoms with Crippen LogP contribution in [0.5, 0.6) is 5.75 Å². The molecule has 30 heavy (non-hydrogen) atoms. The van der Waals surface area contributed by atoms with Crippen LogP contribution in [0.3, 0.4) is 0 Å². The minimum atomic E-state index is -3.85. The van der Waals surface area contributed by atoms with Gasteiger partial charge in [-0.15, -0.1) is 0 Å². The van der Waals surface area contributed by atoms with Gasteiger partial charge in [-0.25, -0.2) is 12.8 Å². The van der Waals surface area contributed by atoms with Crippen molar-refractivity contribution in [1.29, 1.82) is 0 Å². The first-order valence-electron chi connectivity index (χ1n) is 9.85. The second-order valence-corrected chi connectivity index (χ2v) is 8.73. The fraction of sp³-hybridized carbons (Fsp3) is 0.381. The number of nitrogens with zero attached hydrogens (tertiary/aromatic N) is 2. The summed E-state index contributed by atoms with van der Waals surface area (Å²) < 4.78 is 46.9. The summed E-state index contributed by atoms with van der Waals surface area (Å²) in [6.45, 7) is 5.59. The third kappa shape index (κ3) is 5.09. The Morgan fingerprint density at radius 1 is 1.10 bits per heavy atom.